The summed E-state index contributed by atoms with van der Waals surface area (Å²) in [4.78, 5) is 21.2. The third-order valence-corrected chi connectivity index (χ3v) is 1.84. The summed E-state index contributed by atoms with van der Waals surface area (Å²) < 4.78 is 5.11. The van der Waals surface area contributed by atoms with Gasteiger partial charge in [0.15, 0.2) is 6.61 Å². The van der Waals surface area contributed by atoms with Crippen LogP contribution in [0.4, 0.5) is 0 Å². The summed E-state index contributed by atoms with van der Waals surface area (Å²) in [6.45, 7) is -0.113. The van der Waals surface area contributed by atoms with Crippen LogP contribution in [0.1, 0.15) is 5.56 Å². The standard InChI is InChI=1S/C12H9NO4/c13-7-8-17-11-4-2-1-3-9(11)5-6-10(14)12(15)16/h1-6H,8H2,(H,15,16)/b6-5+. The predicted octanol–water partition coefficient (Wildman–Crippen LogP) is 1.26. The van der Waals surface area contributed by atoms with E-state index in [0.717, 1.165) is 6.08 Å². The first-order chi connectivity index (χ1) is 8.15. The van der Waals surface area contributed by atoms with E-state index in [0.29, 0.717) is 11.3 Å². The summed E-state index contributed by atoms with van der Waals surface area (Å²) in [6, 6.07) is 8.52. The second-order valence-electron chi connectivity index (χ2n) is 2.99. The molecular weight excluding hydrogens is 222 g/mol. The van der Waals surface area contributed by atoms with Crippen LogP contribution in [0.3, 0.4) is 0 Å². The zero-order chi connectivity index (χ0) is 12.7. The fourth-order valence-corrected chi connectivity index (χ4v) is 1.10. The van der Waals surface area contributed by atoms with Crippen molar-refractivity contribution in [2.45, 2.75) is 0 Å². The molecule has 0 aliphatic heterocycles. The van der Waals surface area contributed by atoms with Crippen LogP contribution in [0.25, 0.3) is 6.08 Å². The van der Waals surface area contributed by atoms with Crippen molar-refractivity contribution in [2.75, 3.05) is 6.61 Å². The van der Waals surface area contributed by atoms with Crippen molar-refractivity contribution in [3.05, 3.63) is 35.9 Å². The average molecular weight is 231 g/mol. The van der Waals surface area contributed by atoms with E-state index in [-0.39, 0.29) is 6.61 Å². The number of ether oxygens (including phenoxy) is 1. The van der Waals surface area contributed by atoms with Gasteiger partial charge in [-0.3, -0.25) is 4.79 Å². The summed E-state index contributed by atoms with van der Waals surface area (Å²) in [5.74, 6) is -2.11. The molecule has 0 unspecified atom stereocenters. The van der Waals surface area contributed by atoms with Crippen LogP contribution in [0.15, 0.2) is 30.3 Å². The first kappa shape index (κ1) is 12.5. The van der Waals surface area contributed by atoms with E-state index in [9.17, 15) is 9.59 Å². The fraction of sp³-hybridized carbons (Fsp3) is 0.0833. The molecule has 1 rings (SSSR count). The molecule has 0 saturated carbocycles. The fourth-order valence-electron chi connectivity index (χ4n) is 1.10. The predicted molar refractivity (Wildman–Crippen MR) is 59.2 cm³/mol. The Hall–Kier alpha value is -2.61. The number of rotatable bonds is 5. The molecule has 0 aliphatic rings. The topological polar surface area (TPSA) is 87.4 Å². The Morgan fingerprint density at radius 3 is 2.76 bits per heavy atom. The maximum absolute atomic E-state index is 10.9. The number of carboxylic acids is 1. The number of hydrogen-bond acceptors (Lipinski definition) is 4. The van der Waals surface area contributed by atoms with Gasteiger partial charge in [-0.15, -0.1) is 0 Å². The summed E-state index contributed by atoms with van der Waals surface area (Å²) in [7, 11) is 0. The molecule has 0 spiro atoms. The number of nitrogens with zero attached hydrogens (tertiary/aromatic N) is 1. The van der Waals surface area contributed by atoms with Gasteiger partial charge < -0.3 is 9.84 Å². The number of carboxylic acid groups (broad SMARTS) is 1. The van der Waals surface area contributed by atoms with Crippen molar-refractivity contribution < 1.29 is 19.4 Å². The minimum Gasteiger partial charge on any atom is -0.478 e. The number of benzene rings is 1. The highest BCUT2D eigenvalue weighted by Gasteiger charge is 2.06. The van der Waals surface area contributed by atoms with Gasteiger partial charge in [-0.2, -0.15) is 5.26 Å². The molecule has 0 radical (unpaired) electrons. The van der Waals surface area contributed by atoms with Crippen molar-refractivity contribution in [3.8, 4) is 11.8 Å². The molecule has 1 N–H and O–H groups in total. The van der Waals surface area contributed by atoms with E-state index >= 15 is 0 Å². The number of hydrogen-bond donors (Lipinski definition) is 1. The van der Waals surface area contributed by atoms with Crippen molar-refractivity contribution in [2.24, 2.45) is 0 Å². The smallest absolute Gasteiger partial charge is 0.376 e. The lowest BCUT2D eigenvalue weighted by atomic mass is 10.1. The highest BCUT2D eigenvalue weighted by Crippen LogP contribution is 2.19. The van der Waals surface area contributed by atoms with E-state index in [2.05, 4.69) is 0 Å². The highest BCUT2D eigenvalue weighted by atomic mass is 16.5. The average Bonchev–Trinajstić information content (AvgIpc) is 2.34. The Morgan fingerprint density at radius 1 is 1.41 bits per heavy atom. The van der Waals surface area contributed by atoms with Gasteiger partial charge in [-0.05, 0) is 18.2 Å². The summed E-state index contributed by atoms with van der Waals surface area (Å²) >= 11 is 0. The lowest BCUT2D eigenvalue weighted by Gasteiger charge is -2.04. The first-order valence-electron chi connectivity index (χ1n) is 4.69. The van der Waals surface area contributed by atoms with Gasteiger partial charge in [0.2, 0.25) is 0 Å². The molecule has 86 valence electrons. The molecule has 0 amide bonds. The van der Waals surface area contributed by atoms with Gasteiger partial charge in [0.05, 0.1) is 0 Å². The maximum atomic E-state index is 10.9. The molecule has 1 aromatic carbocycles. The first-order valence-corrected chi connectivity index (χ1v) is 4.69. The van der Waals surface area contributed by atoms with E-state index < -0.39 is 11.8 Å². The Kier molecular flexibility index (Phi) is 4.45. The quantitative estimate of drug-likeness (QED) is 0.608. The number of nitriles is 1. The molecule has 1 aromatic rings. The van der Waals surface area contributed by atoms with Crippen molar-refractivity contribution >= 4 is 17.8 Å². The zero-order valence-corrected chi connectivity index (χ0v) is 8.79. The number of carbonyl (C=O) groups is 2. The zero-order valence-electron chi connectivity index (χ0n) is 8.79. The summed E-state index contributed by atoms with van der Waals surface area (Å²) in [6.07, 6.45) is 2.28. The summed E-state index contributed by atoms with van der Waals surface area (Å²) in [5.41, 5.74) is 0.539. The highest BCUT2D eigenvalue weighted by molar-refractivity contribution is 6.38. The van der Waals surface area contributed by atoms with E-state index in [4.69, 9.17) is 15.1 Å². The number of aliphatic carboxylic acids is 1. The molecule has 0 saturated heterocycles. The minimum atomic E-state index is -1.52. The van der Waals surface area contributed by atoms with Crippen LogP contribution in [-0.4, -0.2) is 23.5 Å². The number of carbonyl (C=O) groups excluding carboxylic acids is 1. The Morgan fingerprint density at radius 2 is 2.12 bits per heavy atom. The molecule has 0 atom stereocenters. The molecule has 0 bridgehead atoms. The Balaban J connectivity index is 2.87. The molecular formula is C12H9NO4. The normalized spacial score (nSPS) is 9.82. The van der Waals surface area contributed by atoms with Crippen LogP contribution in [0.2, 0.25) is 0 Å². The van der Waals surface area contributed by atoms with Gasteiger partial charge in [0, 0.05) is 5.56 Å². The van der Waals surface area contributed by atoms with Gasteiger partial charge in [0.1, 0.15) is 11.8 Å². The van der Waals surface area contributed by atoms with Gasteiger partial charge in [-0.1, -0.05) is 18.2 Å². The Labute approximate surface area is 97.6 Å². The van der Waals surface area contributed by atoms with E-state index in [1.54, 1.807) is 24.3 Å². The van der Waals surface area contributed by atoms with Crippen LogP contribution in [0, 0.1) is 11.3 Å². The molecule has 5 heteroatoms. The molecule has 0 heterocycles. The van der Waals surface area contributed by atoms with Crippen molar-refractivity contribution in [3.63, 3.8) is 0 Å². The third-order valence-electron chi connectivity index (χ3n) is 1.84. The molecule has 0 aliphatic carbocycles. The van der Waals surface area contributed by atoms with Crippen molar-refractivity contribution in [1.82, 2.24) is 0 Å². The summed E-state index contributed by atoms with van der Waals surface area (Å²) in [5, 5.41) is 16.8. The SMILES string of the molecule is N#CCOc1ccccc1/C=C/C(=O)C(=O)O. The maximum Gasteiger partial charge on any atom is 0.376 e. The number of ketones is 1. The van der Waals surface area contributed by atoms with Crippen LogP contribution >= 0.6 is 0 Å². The van der Waals surface area contributed by atoms with Crippen LogP contribution < -0.4 is 4.74 Å². The molecule has 5 nitrogen and oxygen atoms in total. The van der Waals surface area contributed by atoms with Gasteiger partial charge in [-0.25, -0.2) is 4.79 Å². The largest absolute Gasteiger partial charge is 0.478 e. The monoisotopic (exact) mass is 231 g/mol. The van der Waals surface area contributed by atoms with Crippen molar-refractivity contribution in [1.29, 1.82) is 5.26 Å². The van der Waals surface area contributed by atoms with E-state index in [1.807, 2.05) is 6.07 Å². The minimum absolute atomic E-state index is 0.113. The van der Waals surface area contributed by atoms with Crippen LogP contribution in [0.5, 0.6) is 5.75 Å². The Bertz CT molecular complexity index is 499. The lowest BCUT2D eigenvalue weighted by molar-refractivity contribution is -0.146. The van der Waals surface area contributed by atoms with Crippen LogP contribution in [-0.2, 0) is 9.59 Å². The third kappa shape index (κ3) is 3.80. The molecule has 17 heavy (non-hydrogen) atoms. The number of para-hydroxylation sites is 1. The second kappa shape index (κ2) is 6.08. The van der Waals surface area contributed by atoms with Gasteiger partial charge >= 0.3 is 5.97 Å². The second-order valence-corrected chi connectivity index (χ2v) is 2.99. The molecule has 0 fully saturated rings. The van der Waals surface area contributed by atoms with Gasteiger partial charge in [0.25, 0.3) is 5.78 Å². The molecule has 0 aromatic heterocycles. The lowest BCUT2D eigenvalue weighted by Crippen LogP contribution is -2.08. The van der Waals surface area contributed by atoms with E-state index in [1.165, 1.54) is 6.08 Å².